The van der Waals surface area contributed by atoms with Crippen molar-refractivity contribution in [2.45, 2.75) is 6.92 Å². The fourth-order valence-corrected chi connectivity index (χ4v) is 1.95. The Balaban J connectivity index is 1.91. The predicted octanol–water partition coefficient (Wildman–Crippen LogP) is 2.57. The Kier molecular flexibility index (Phi) is 3.09. The third kappa shape index (κ3) is 2.45. The van der Waals surface area contributed by atoms with Crippen LogP contribution in [0.3, 0.4) is 0 Å². The second kappa shape index (κ2) is 4.93. The van der Waals surface area contributed by atoms with Gasteiger partial charge in [-0.05, 0) is 25.1 Å². The van der Waals surface area contributed by atoms with Gasteiger partial charge in [0.2, 0.25) is 0 Å². The van der Waals surface area contributed by atoms with Crippen molar-refractivity contribution in [2.75, 3.05) is 5.32 Å². The summed E-state index contributed by atoms with van der Waals surface area (Å²) in [6, 6.07) is 6.37. The predicted molar refractivity (Wildman–Crippen MR) is 72.0 cm³/mol. The Morgan fingerprint density at radius 2 is 2.00 bits per heavy atom. The van der Waals surface area contributed by atoms with Crippen molar-refractivity contribution in [3.05, 3.63) is 59.6 Å². The minimum Gasteiger partial charge on any atom is -0.321 e. The van der Waals surface area contributed by atoms with Gasteiger partial charge in [-0.25, -0.2) is 18.3 Å². The maximum Gasteiger partial charge on any atom is 0.274 e. The molecule has 7 heteroatoms. The van der Waals surface area contributed by atoms with E-state index >= 15 is 0 Å². The van der Waals surface area contributed by atoms with Gasteiger partial charge in [0.25, 0.3) is 5.91 Å². The summed E-state index contributed by atoms with van der Waals surface area (Å²) in [7, 11) is 0. The van der Waals surface area contributed by atoms with Crippen molar-refractivity contribution in [3.63, 3.8) is 0 Å². The van der Waals surface area contributed by atoms with E-state index in [4.69, 9.17) is 0 Å². The first-order valence-corrected chi connectivity index (χ1v) is 6.12. The molecule has 0 aliphatic heterocycles. The molecule has 0 fully saturated rings. The molecule has 2 aromatic heterocycles. The van der Waals surface area contributed by atoms with E-state index in [1.165, 1.54) is 6.07 Å². The zero-order chi connectivity index (χ0) is 15.0. The molecule has 0 aliphatic rings. The van der Waals surface area contributed by atoms with Gasteiger partial charge in [-0.2, -0.15) is 5.10 Å². The number of amides is 1. The monoisotopic (exact) mass is 288 g/mol. The average Bonchev–Trinajstić information content (AvgIpc) is 2.92. The lowest BCUT2D eigenvalue weighted by atomic mass is 10.2. The SMILES string of the molecule is Cc1cc(C(=O)Nc2ccc(F)c(F)c2)nc2ccnn12. The Bertz CT molecular complexity index is 844. The quantitative estimate of drug-likeness (QED) is 0.788. The van der Waals surface area contributed by atoms with Crippen LogP contribution in [0.25, 0.3) is 5.65 Å². The third-order valence-electron chi connectivity index (χ3n) is 2.95. The number of hydrogen-bond donors (Lipinski definition) is 1. The van der Waals surface area contributed by atoms with Gasteiger partial charge in [0.05, 0.1) is 6.20 Å². The molecule has 0 bridgehead atoms. The maximum atomic E-state index is 13.1. The Morgan fingerprint density at radius 1 is 1.19 bits per heavy atom. The first-order valence-electron chi connectivity index (χ1n) is 6.12. The number of nitrogens with one attached hydrogen (secondary N) is 1. The second-order valence-electron chi connectivity index (χ2n) is 4.47. The number of halogens is 2. The van der Waals surface area contributed by atoms with E-state index in [1.807, 2.05) is 0 Å². The van der Waals surface area contributed by atoms with Gasteiger partial charge in [-0.3, -0.25) is 4.79 Å². The van der Waals surface area contributed by atoms with Gasteiger partial charge in [0, 0.05) is 23.5 Å². The minimum atomic E-state index is -1.02. The van der Waals surface area contributed by atoms with Crippen LogP contribution >= 0.6 is 0 Å². The molecule has 0 radical (unpaired) electrons. The summed E-state index contributed by atoms with van der Waals surface area (Å²) in [5.41, 5.74) is 1.60. The number of aryl methyl sites for hydroxylation is 1. The Morgan fingerprint density at radius 3 is 2.76 bits per heavy atom. The summed E-state index contributed by atoms with van der Waals surface area (Å²) in [5.74, 6) is -2.50. The molecule has 5 nitrogen and oxygen atoms in total. The Hall–Kier alpha value is -2.83. The van der Waals surface area contributed by atoms with E-state index in [0.29, 0.717) is 5.65 Å². The summed E-state index contributed by atoms with van der Waals surface area (Å²) in [6.07, 6.45) is 1.58. The molecular weight excluding hydrogens is 278 g/mol. The summed E-state index contributed by atoms with van der Waals surface area (Å²) < 4.78 is 27.5. The summed E-state index contributed by atoms with van der Waals surface area (Å²) in [5, 5.41) is 6.53. The van der Waals surface area contributed by atoms with Crippen LogP contribution in [0.2, 0.25) is 0 Å². The fourth-order valence-electron chi connectivity index (χ4n) is 1.95. The molecule has 1 aromatic carbocycles. The number of hydrogen-bond acceptors (Lipinski definition) is 3. The molecular formula is C14H10F2N4O. The van der Waals surface area contributed by atoms with Gasteiger partial charge in [0.1, 0.15) is 5.69 Å². The number of fused-ring (bicyclic) bond motifs is 1. The van der Waals surface area contributed by atoms with E-state index in [9.17, 15) is 13.6 Å². The molecule has 3 aromatic rings. The minimum absolute atomic E-state index is 0.159. The molecule has 3 rings (SSSR count). The lowest BCUT2D eigenvalue weighted by Gasteiger charge is -2.07. The molecule has 1 amide bonds. The molecule has 21 heavy (non-hydrogen) atoms. The highest BCUT2D eigenvalue weighted by Crippen LogP contribution is 2.14. The van der Waals surface area contributed by atoms with Crippen molar-refractivity contribution in [2.24, 2.45) is 0 Å². The standard InChI is InChI=1S/C14H10F2N4O/c1-8-6-12(19-13-4-5-17-20(8)13)14(21)18-9-2-3-10(15)11(16)7-9/h2-7H,1H3,(H,18,21). The van der Waals surface area contributed by atoms with Crippen molar-refractivity contribution < 1.29 is 13.6 Å². The Labute approximate surface area is 118 Å². The normalized spacial score (nSPS) is 10.8. The van der Waals surface area contributed by atoms with Crippen LogP contribution in [-0.2, 0) is 0 Å². The van der Waals surface area contributed by atoms with Crippen molar-refractivity contribution >= 4 is 17.2 Å². The van der Waals surface area contributed by atoms with E-state index in [-0.39, 0.29) is 11.4 Å². The number of anilines is 1. The van der Waals surface area contributed by atoms with Gasteiger partial charge < -0.3 is 5.32 Å². The molecule has 2 heterocycles. The van der Waals surface area contributed by atoms with Gasteiger partial charge in [0.15, 0.2) is 17.3 Å². The summed E-state index contributed by atoms with van der Waals surface area (Å²) in [4.78, 5) is 16.3. The molecule has 0 saturated carbocycles. The lowest BCUT2D eigenvalue weighted by Crippen LogP contribution is -2.15. The molecule has 0 atom stereocenters. The first kappa shape index (κ1) is 13.2. The number of benzene rings is 1. The second-order valence-corrected chi connectivity index (χ2v) is 4.47. The number of carbonyl (C=O) groups excluding carboxylic acids is 1. The third-order valence-corrected chi connectivity index (χ3v) is 2.95. The molecule has 0 spiro atoms. The van der Waals surface area contributed by atoms with Crippen LogP contribution in [0.1, 0.15) is 16.2 Å². The van der Waals surface area contributed by atoms with Gasteiger partial charge in [-0.1, -0.05) is 0 Å². The molecule has 0 unspecified atom stereocenters. The topological polar surface area (TPSA) is 59.3 Å². The lowest BCUT2D eigenvalue weighted by molar-refractivity contribution is 0.102. The van der Waals surface area contributed by atoms with Crippen molar-refractivity contribution in [1.82, 2.24) is 14.6 Å². The van der Waals surface area contributed by atoms with Crippen LogP contribution in [0.15, 0.2) is 36.5 Å². The number of nitrogens with zero attached hydrogens (tertiary/aromatic N) is 3. The van der Waals surface area contributed by atoms with E-state index in [1.54, 1.807) is 29.8 Å². The highest BCUT2D eigenvalue weighted by Gasteiger charge is 2.12. The summed E-state index contributed by atoms with van der Waals surface area (Å²) >= 11 is 0. The van der Waals surface area contributed by atoms with Crippen LogP contribution in [-0.4, -0.2) is 20.5 Å². The highest BCUT2D eigenvalue weighted by atomic mass is 19.2. The zero-order valence-electron chi connectivity index (χ0n) is 11.0. The van der Waals surface area contributed by atoms with Crippen molar-refractivity contribution in [3.8, 4) is 0 Å². The smallest absolute Gasteiger partial charge is 0.274 e. The molecule has 0 saturated heterocycles. The fraction of sp³-hybridized carbons (Fsp3) is 0.0714. The largest absolute Gasteiger partial charge is 0.321 e. The van der Waals surface area contributed by atoms with Crippen molar-refractivity contribution in [1.29, 1.82) is 0 Å². The molecule has 106 valence electrons. The van der Waals surface area contributed by atoms with Crippen LogP contribution in [0.5, 0.6) is 0 Å². The molecule has 1 N–H and O–H groups in total. The van der Waals surface area contributed by atoms with E-state index < -0.39 is 17.5 Å². The average molecular weight is 288 g/mol. The maximum absolute atomic E-state index is 13.1. The molecule has 0 aliphatic carbocycles. The van der Waals surface area contributed by atoms with Gasteiger partial charge >= 0.3 is 0 Å². The number of carbonyl (C=O) groups is 1. The first-order chi connectivity index (χ1) is 10.0. The highest BCUT2D eigenvalue weighted by molar-refractivity contribution is 6.03. The van der Waals surface area contributed by atoms with Crippen LogP contribution in [0.4, 0.5) is 14.5 Å². The summed E-state index contributed by atoms with van der Waals surface area (Å²) in [6.45, 7) is 1.79. The van der Waals surface area contributed by atoms with Crippen LogP contribution in [0, 0.1) is 18.6 Å². The number of rotatable bonds is 2. The van der Waals surface area contributed by atoms with Gasteiger partial charge in [-0.15, -0.1) is 0 Å². The van der Waals surface area contributed by atoms with E-state index in [2.05, 4.69) is 15.4 Å². The van der Waals surface area contributed by atoms with Crippen LogP contribution < -0.4 is 5.32 Å². The van der Waals surface area contributed by atoms with E-state index in [0.717, 1.165) is 17.8 Å². The zero-order valence-corrected chi connectivity index (χ0v) is 11.0. The number of aromatic nitrogens is 3.